The van der Waals surface area contributed by atoms with Crippen molar-refractivity contribution in [3.8, 4) is 5.69 Å². The summed E-state index contributed by atoms with van der Waals surface area (Å²) in [5.41, 5.74) is 2.36. The lowest BCUT2D eigenvalue weighted by molar-refractivity contribution is 0.451. The predicted molar refractivity (Wildman–Crippen MR) is 68.4 cm³/mol. The highest BCUT2D eigenvalue weighted by molar-refractivity contribution is 5.30. The molecule has 0 bridgehead atoms. The van der Waals surface area contributed by atoms with Crippen molar-refractivity contribution in [2.24, 2.45) is 0 Å². The molecule has 1 aliphatic heterocycles. The van der Waals surface area contributed by atoms with E-state index >= 15 is 0 Å². The van der Waals surface area contributed by atoms with Gasteiger partial charge >= 0.3 is 0 Å². The molecule has 1 saturated heterocycles. The van der Waals surface area contributed by atoms with Crippen LogP contribution < -0.4 is 5.32 Å². The molecular formula is C14H17N3. The van der Waals surface area contributed by atoms with E-state index in [1.165, 1.54) is 18.5 Å². The van der Waals surface area contributed by atoms with Gasteiger partial charge in [0.25, 0.3) is 0 Å². The molecule has 3 rings (SSSR count). The molecule has 1 fully saturated rings. The molecule has 3 heteroatoms. The molecule has 0 amide bonds. The van der Waals surface area contributed by atoms with Gasteiger partial charge in [-0.3, -0.25) is 0 Å². The first-order valence-corrected chi connectivity index (χ1v) is 6.25. The molecule has 2 heterocycles. The van der Waals surface area contributed by atoms with Crippen LogP contribution in [0.3, 0.4) is 0 Å². The molecule has 1 N–H and O–H groups in total. The lowest BCUT2D eigenvalue weighted by Gasteiger charge is -2.20. The van der Waals surface area contributed by atoms with E-state index in [2.05, 4.69) is 29.7 Å². The Morgan fingerprint density at radius 1 is 1.06 bits per heavy atom. The third kappa shape index (κ3) is 2.24. The monoisotopic (exact) mass is 227 g/mol. The van der Waals surface area contributed by atoms with E-state index in [1.807, 2.05) is 22.9 Å². The number of hydrogen-bond donors (Lipinski definition) is 1. The van der Waals surface area contributed by atoms with Crippen LogP contribution in [0.25, 0.3) is 5.69 Å². The standard InChI is InChI=1S/C14H17N3/c1-2-4-13(5-3-1)17-11-8-14(16-17)12-6-9-15-10-7-12/h1-5,8,11-12,15H,6-7,9-10H2. The number of rotatable bonds is 2. The lowest BCUT2D eigenvalue weighted by atomic mass is 9.95. The fourth-order valence-electron chi connectivity index (χ4n) is 2.40. The van der Waals surface area contributed by atoms with Gasteiger partial charge < -0.3 is 5.32 Å². The predicted octanol–water partition coefficient (Wildman–Crippen LogP) is 2.34. The third-order valence-corrected chi connectivity index (χ3v) is 3.39. The molecule has 17 heavy (non-hydrogen) atoms. The molecule has 1 aromatic heterocycles. The molecule has 0 saturated carbocycles. The Labute approximate surface area is 101 Å². The first-order chi connectivity index (χ1) is 8.43. The van der Waals surface area contributed by atoms with Crippen molar-refractivity contribution in [2.75, 3.05) is 13.1 Å². The summed E-state index contributed by atoms with van der Waals surface area (Å²) in [7, 11) is 0. The highest BCUT2D eigenvalue weighted by Gasteiger charge is 2.17. The van der Waals surface area contributed by atoms with E-state index in [0.717, 1.165) is 18.8 Å². The summed E-state index contributed by atoms with van der Waals surface area (Å²) in [6.45, 7) is 2.23. The molecule has 0 atom stereocenters. The summed E-state index contributed by atoms with van der Waals surface area (Å²) in [6, 6.07) is 12.4. The first kappa shape index (κ1) is 10.5. The Kier molecular flexibility index (Phi) is 2.92. The van der Waals surface area contributed by atoms with Crippen LogP contribution in [0.1, 0.15) is 24.5 Å². The lowest BCUT2D eigenvalue weighted by Crippen LogP contribution is -2.26. The van der Waals surface area contributed by atoms with Gasteiger partial charge in [0.15, 0.2) is 0 Å². The van der Waals surface area contributed by atoms with E-state index in [-0.39, 0.29) is 0 Å². The summed E-state index contributed by atoms with van der Waals surface area (Å²) >= 11 is 0. The normalized spacial score (nSPS) is 17.2. The molecule has 1 aliphatic rings. The quantitative estimate of drug-likeness (QED) is 0.853. The van der Waals surface area contributed by atoms with Gasteiger partial charge in [0, 0.05) is 12.1 Å². The van der Waals surface area contributed by atoms with Crippen LogP contribution in [0, 0.1) is 0 Å². The maximum atomic E-state index is 4.69. The van der Waals surface area contributed by atoms with Crippen LogP contribution in [0.2, 0.25) is 0 Å². The summed E-state index contributed by atoms with van der Waals surface area (Å²) in [5, 5.41) is 8.08. The zero-order chi connectivity index (χ0) is 11.5. The zero-order valence-electron chi connectivity index (χ0n) is 9.84. The zero-order valence-corrected chi connectivity index (χ0v) is 9.84. The number of piperidine rings is 1. The van der Waals surface area contributed by atoms with E-state index in [0.29, 0.717) is 5.92 Å². The number of benzene rings is 1. The smallest absolute Gasteiger partial charge is 0.0660 e. The Morgan fingerprint density at radius 2 is 1.82 bits per heavy atom. The van der Waals surface area contributed by atoms with E-state index < -0.39 is 0 Å². The second-order valence-corrected chi connectivity index (χ2v) is 4.54. The average Bonchev–Trinajstić information content (AvgIpc) is 2.90. The Morgan fingerprint density at radius 3 is 2.59 bits per heavy atom. The van der Waals surface area contributed by atoms with Gasteiger partial charge in [-0.15, -0.1) is 0 Å². The average molecular weight is 227 g/mol. The molecule has 88 valence electrons. The minimum atomic E-state index is 0.626. The fourth-order valence-corrected chi connectivity index (χ4v) is 2.40. The van der Waals surface area contributed by atoms with Gasteiger partial charge in [0.2, 0.25) is 0 Å². The molecular weight excluding hydrogens is 210 g/mol. The van der Waals surface area contributed by atoms with Crippen molar-refractivity contribution >= 4 is 0 Å². The van der Waals surface area contributed by atoms with Crippen molar-refractivity contribution in [1.29, 1.82) is 0 Å². The first-order valence-electron chi connectivity index (χ1n) is 6.25. The number of nitrogens with one attached hydrogen (secondary N) is 1. The summed E-state index contributed by atoms with van der Waals surface area (Å²) in [6.07, 6.45) is 4.46. The van der Waals surface area contributed by atoms with Crippen molar-refractivity contribution in [3.63, 3.8) is 0 Å². The number of para-hydroxylation sites is 1. The SMILES string of the molecule is c1ccc(-n2ccc(C3CCNCC3)n2)cc1. The number of aromatic nitrogens is 2. The van der Waals surface area contributed by atoms with Gasteiger partial charge in [0.05, 0.1) is 11.4 Å². The van der Waals surface area contributed by atoms with Gasteiger partial charge in [0.1, 0.15) is 0 Å². The minimum absolute atomic E-state index is 0.626. The van der Waals surface area contributed by atoms with E-state index in [4.69, 9.17) is 5.10 Å². The third-order valence-electron chi connectivity index (χ3n) is 3.39. The van der Waals surface area contributed by atoms with Gasteiger partial charge in [-0.2, -0.15) is 5.10 Å². The number of nitrogens with zero attached hydrogens (tertiary/aromatic N) is 2. The molecule has 2 aromatic rings. The largest absolute Gasteiger partial charge is 0.317 e. The van der Waals surface area contributed by atoms with Crippen molar-refractivity contribution < 1.29 is 0 Å². The van der Waals surface area contributed by atoms with Crippen LogP contribution in [0.4, 0.5) is 0 Å². The Balaban J connectivity index is 1.83. The second kappa shape index (κ2) is 4.72. The van der Waals surface area contributed by atoms with Gasteiger partial charge in [-0.1, -0.05) is 18.2 Å². The molecule has 0 unspecified atom stereocenters. The molecule has 3 nitrogen and oxygen atoms in total. The van der Waals surface area contributed by atoms with Crippen LogP contribution in [0.5, 0.6) is 0 Å². The van der Waals surface area contributed by atoms with Crippen molar-refractivity contribution in [3.05, 3.63) is 48.3 Å². The van der Waals surface area contributed by atoms with Gasteiger partial charge in [-0.25, -0.2) is 4.68 Å². The van der Waals surface area contributed by atoms with E-state index in [1.54, 1.807) is 0 Å². The Bertz CT molecular complexity index is 469. The second-order valence-electron chi connectivity index (χ2n) is 4.54. The van der Waals surface area contributed by atoms with Crippen LogP contribution in [-0.2, 0) is 0 Å². The Hall–Kier alpha value is -1.61. The summed E-state index contributed by atoms with van der Waals surface area (Å²) in [4.78, 5) is 0. The molecule has 0 aliphatic carbocycles. The molecule has 0 spiro atoms. The molecule has 1 aromatic carbocycles. The minimum Gasteiger partial charge on any atom is -0.317 e. The van der Waals surface area contributed by atoms with Crippen LogP contribution in [-0.4, -0.2) is 22.9 Å². The highest BCUT2D eigenvalue weighted by atomic mass is 15.3. The highest BCUT2D eigenvalue weighted by Crippen LogP contribution is 2.23. The maximum absolute atomic E-state index is 4.69. The molecule has 0 radical (unpaired) electrons. The fraction of sp³-hybridized carbons (Fsp3) is 0.357. The van der Waals surface area contributed by atoms with Crippen LogP contribution >= 0.6 is 0 Å². The van der Waals surface area contributed by atoms with E-state index in [9.17, 15) is 0 Å². The van der Waals surface area contributed by atoms with Crippen molar-refractivity contribution in [2.45, 2.75) is 18.8 Å². The summed E-state index contributed by atoms with van der Waals surface area (Å²) < 4.78 is 1.97. The maximum Gasteiger partial charge on any atom is 0.0660 e. The van der Waals surface area contributed by atoms with Crippen LogP contribution in [0.15, 0.2) is 42.6 Å². The van der Waals surface area contributed by atoms with Gasteiger partial charge in [-0.05, 0) is 44.1 Å². The summed E-state index contributed by atoms with van der Waals surface area (Å²) in [5.74, 6) is 0.626. The van der Waals surface area contributed by atoms with Crippen molar-refractivity contribution in [1.82, 2.24) is 15.1 Å². The topological polar surface area (TPSA) is 29.9 Å². The number of hydrogen-bond acceptors (Lipinski definition) is 2.